The van der Waals surface area contributed by atoms with Gasteiger partial charge in [-0.1, -0.05) is 0 Å². The third-order valence-electron chi connectivity index (χ3n) is 2.18. The molecule has 0 saturated carbocycles. The van der Waals surface area contributed by atoms with Gasteiger partial charge >= 0.3 is 128 Å². The molecule has 1 fully saturated rings. The van der Waals surface area contributed by atoms with E-state index < -0.39 is 3.69 Å². The average Bonchev–Trinajstić information content (AvgIpc) is 1.84. The van der Waals surface area contributed by atoms with E-state index in [4.69, 9.17) is 0 Å². The maximum atomic E-state index is 12.2. The molecule has 12 heavy (non-hydrogen) atoms. The standard InChI is InChI=1S/C5H10I4OP2/c6-11(7,10)12(8,9)4-2-1-3-5-12/h1-5H2. The molecular formula is C5H10I4OP2. The second kappa shape index (κ2) is 4.45. The van der Waals surface area contributed by atoms with Crippen molar-refractivity contribution >= 4 is 91.9 Å². The number of halogens is 4. The molecule has 1 nitrogen and oxygen atoms in total. The Morgan fingerprint density at radius 1 is 1.00 bits per heavy atom. The molecule has 0 aromatic carbocycles. The molecule has 1 saturated heterocycles. The van der Waals surface area contributed by atoms with Crippen LogP contribution >= 0.6 is 91.9 Å². The van der Waals surface area contributed by atoms with Gasteiger partial charge in [0.1, 0.15) is 0 Å². The summed E-state index contributed by atoms with van der Waals surface area (Å²) < 4.78 is 8.47. The van der Waals surface area contributed by atoms with Crippen molar-refractivity contribution in [1.29, 1.82) is 0 Å². The molecule has 0 bridgehead atoms. The fraction of sp³-hybridized carbons (Fsp3) is 1.00. The minimum absolute atomic E-state index is 1.23. The second-order valence-corrected chi connectivity index (χ2v) is 54.3. The number of rotatable bonds is 1. The molecule has 0 spiro atoms. The molecule has 0 aliphatic carbocycles. The van der Waals surface area contributed by atoms with Crippen LogP contribution in [-0.2, 0) is 4.57 Å². The Morgan fingerprint density at radius 2 is 1.42 bits per heavy atom. The van der Waals surface area contributed by atoms with Crippen LogP contribution in [0.25, 0.3) is 0 Å². The van der Waals surface area contributed by atoms with E-state index in [2.05, 4.69) is 88.2 Å². The first-order valence-corrected chi connectivity index (χ1v) is 19.9. The molecule has 0 amide bonds. The first-order valence-electron chi connectivity index (χ1n) is 3.69. The summed E-state index contributed by atoms with van der Waals surface area (Å²) in [5.41, 5.74) is 0. The van der Waals surface area contributed by atoms with Crippen LogP contribution in [0.5, 0.6) is 0 Å². The third kappa shape index (κ3) is 2.83. The summed E-state index contributed by atoms with van der Waals surface area (Å²) in [6.45, 7) is 0. The predicted octanol–water partition coefficient (Wildman–Crippen LogP) is 6.40. The quantitative estimate of drug-likeness (QED) is 0.236. The van der Waals surface area contributed by atoms with Crippen LogP contribution in [0.15, 0.2) is 0 Å². The van der Waals surface area contributed by atoms with Crippen molar-refractivity contribution in [3.63, 3.8) is 0 Å². The van der Waals surface area contributed by atoms with Crippen molar-refractivity contribution in [3.8, 4) is 0 Å². The zero-order chi connectivity index (χ0) is 9.48. The molecule has 74 valence electrons. The Kier molecular flexibility index (Phi) is 5.06. The van der Waals surface area contributed by atoms with Crippen molar-refractivity contribution in [1.82, 2.24) is 0 Å². The second-order valence-electron chi connectivity index (χ2n) is 3.14. The Morgan fingerprint density at radius 3 is 1.67 bits per heavy atom. The van der Waals surface area contributed by atoms with E-state index >= 15 is 0 Å². The van der Waals surface area contributed by atoms with Gasteiger partial charge in [-0.2, -0.15) is 0 Å². The number of hydrogen-bond donors (Lipinski definition) is 0. The van der Waals surface area contributed by atoms with Gasteiger partial charge in [0.2, 0.25) is 0 Å². The monoisotopic (exact) mass is 656 g/mol. The Bertz CT molecular complexity index is 226. The topological polar surface area (TPSA) is 17.1 Å². The van der Waals surface area contributed by atoms with Crippen LogP contribution < -0.4 is 0 Å². The molecule has 0 unspecified atom stereocenters. The average molecular weight is 656 g/mol. The SMILES string of the molecule is O=P(I)(I)P1(I)(I)CCCCC1. The molecule has 1 aliphatic rings. The van der Waals surface area contributed by atoms with E-state index in [1.807, 2.05) is 0 Å². The zero-order valence-corrected chi connectivity index (χ0v) is 16.8. The van der Waals surface area contributed by atoms with E-state index in [-0.39, 0.29) is 0 Å². The number of hydrogen-bond acceptors (Lipinski definition) is 1. The summed E-state index contributed by atoms with van der Waals surface area (Å²) in [4.78, 5) is 0. The van der Waals surface area contributed by atoms with Gasteiger partial charge in [0.15, 0.2) is 0 Å². The molecule has 1 rings (SSSR count). The molecule has 0 aromatic rings. The van der Waals surface area contributed by atoms with Gasteiger partial charge in [-0.05, 0) is 0 Å². The predicted molar refractivity (Wildman–Crippen MR) is 94.2 cm³/mol. The molecule has 1 aliphatic heterocycles. The van der Waals surface area contributed by atoms with Gasteiger partial charge in [-0.15, -0.1) is 0 Å². The van der Waals surface area contributed by atoms with Crippen molar-refractivity contribution < 1.29 is 4.57 Å². The van der Waals surface area contributed by atoms with Gasteiger partial charge in [-0.3, -0.25) is 0 Å². The van der Waals surface area contributed by atoms with Gasteiger partial charge < -0.3 is 0 Å². The molecule has 1 heterocycles. The molecule has 0 aromatic heterocycles. The van der Waals surface area contributed by atoms with Crippen LogP contribution in [0.3, 0.4) is 0 Å². The van der Waals surface area contributed by atoms with Gasteiger partial charge in [0.25, 0.3) is 0 Å². The van der Waals surface area contributed by atoms with Gasteiger partial charge in [0, 0.05) is 0 Å². The molecule has 7 heteroatoms. The first kappa shape index (κ1) is 13.6. The van der Waals surface area contributed by atoms with E-state index in [1.165, 1.54) is 31.6 Å². The minimum atomic E-state index is -1.92. The summed E-state index contributed by atoms with van der Waals surface area (Å²) in [5.74, 6) is 0. The Hall–Kier alpha value is 3.58. The Balaban J connectivity index is 2.99. The zero-order valence-electron chi connectivity index (χ0n) is 6.35. The summed E-state index contributed by atoms with van der Waals surface area (Å²) in [6.07, 6.45) is 6.39. The van der Waals surface area contributed by atoms with Gasteiger partial charge in [-0.25, -0.2) is 0 Å². The van der Waals surface area contributed by atoms with Crippen LogP contribution in [0, 0.1) is 0 Å². The van der Waals surface area contributed by atoms with Crippen molar-refractivity contribution in [2.75, 3.05) is 12.3 Å². The molecule has 0 N–H and O–H groups in total. The van der Waals surface area contributed by atoms with Gasteiger partial charge in [0.05, 0.1) is 0 Å². The van der Waals surface area contributed by atoms with Crippen LogP contribution in [-0.4, -0.2) is 12.3 Å². The summed E-state index contributed by atoms with van der Waals surface area (Å²) in [6, 6.07) is 0. The first-order chi connectivity index (χ1) is 5.25. The van der Waals surface area contributed by atoms with E-state index in [0.717, 1.165) is 0 Å². The summed E-state index contributed by atoms with van der Waals surface area (Å²) in [5, 5.41) is 0. The molecular weight excluding hydrogens is 646 g/mol. The van der Waals surface area contributed by atoms with E-state index in [0.29, 0.717) is 0 Å². The fourth-order valence-corrected chi connectivity index (χ4v) is 17.8. The van der Waals surface area contributed by atoms with E-state index in [9.17, 15) is 4.57 Å². The molecule has 0 radical (unpaired) electrons. The van der Waals surface area contributed by atoms with Crippen molar-refractivity contribution in [2.45, 2.75) is 19.3 Å². The molecule has 0 atom stereocenters. The van der Waals surface area contributed by atoms with Crippen LogP contribution in [0.1, 0.15) is 19.3 Å². The van der Waals surface area contributed by atoms with Crippen molar-refractivity contribution in [3.05, 3.63) is 0 Å². The third-order valence-corrected chi connectivity index (χ3v) is 75.0. The summed E-state index contributed by atoms with van der Waals surface area (Å²) in [7, 11) is 0. The van der Waals surface area contributed by atoms with Crippen LogP contribution in [0.4, 0.5) is 0 Å². The van der Waals surface area contributed by atoms with E-state index in [1.54, 1.807) is 0 Å². The maximum absolute atomic E-state index is 12.2. The summed E-state index contributed by atoms with van der Waals surface area (Å²) >= 11 is 9.57. The van der Waals surface area contributed by atoms with Crippen LogP contribution in [0.2, 0.25) is 0 Å². The Labute approximate surface area is 125 Å². The normalized spacial score (nSPS) is 31.8. The fourth-order valence-electron chi connectivity index (χ4n) is 1.35. The van der Waals surface area contributed by atoms with Crippen molar-refractivity contribution in [2.24, 2.45) is 0 Å².